The van der Waals surface area contributed by atoms with E-state index >= 15 is 0 Å². The number of nitriles is 1. The summed E-state index contributed by atoms with van der Waals surface area (Å²) in [6.07, 6.45) is 1.32. The first-order valence-electron chi connectivity index (χ1n) is 10.6. The lowest BCUT2D eigenvalue weighted by Gasteiger charge is -2.12. The Kier molecular flexibility index (Phi) is 7.50. The second kappa shape index (κ2) is 10.9. The van der Waals surface area contributed by atoms with Crippen LogP contribution in [0.5, 0.6) is 5.75 Å². The van der Waals surface area contributed by atoms with Gasteiger partial charge in [0.05, 0.1) is 15.0 Å². The number of nitrogens with one attached hydrogen (secondary N) is 1. The summed E-state index contributed by atoms with van der Waals surface area (Å²) in [6.45, 7) is 0.245. The zero-order valence-electron chi connectivity index (χ0n) is 18.6. The summed E-state index contributed by atoms with van der Waals surface area (Å²) in [4.78, 5) is 22.9. The van der Waals surface area contributed by atoms with Crippen LogP contribution in [0.15, 0.2) is 84.4 Å². The average Bonchev–Trinajstić information content (AvgIpc) is 2.86. The van der Waals surface area contributed by atoms with Gasteiger partial charge in [-0.3, -0.25) is 14.9 Å². The van der Waals surface area contributed by atoms with Crippen LogP contribution in [0.3, 0.4) is 0 Å². The highest BCUT2D eigenvalue weighted by molar-refractivity contribution is 6.37. The number of carbonyl (C=O) groups is 1. The van der Waals surface area contributed by atoms with Crippen molar-refractivity contribution in [3.8, 4) is 11.8 Å². The van der Waals surface area contributed by atoms with Crippen molar-refractivity contribution in [2.24, 2.45) is 0 Å². The first-order chi connectivity index (χ1) is 17.3. The van der Waals surface area contributed by atoms with Gasteiger partial charge in [0, 0.05) is 17.8 Å². The van der Waals surface area contributed by atoms with Crippen molar-refractivity contribution >= 4 is 57.3 Å². The number of nitrogens with zero attached hydrogens (tertiary/aromatic N) is 2. The Bertz CT molecular complexity index is 1540. The molecule has 0 aliphatic rings. The van der Waals surface area contributed by atoms with E-state index in [1.165, 1.54) is 42.5 Å². The molecule has 0 heterocycles. The standard InChI is InChI=1S/C27H17Cl2N3O4/c28-24-12-18(11-21(15-30)27(33)31-22-6-3-7-23(14-22)32(34)35)13-25(29)26(24)36-16-17-8-9-19-4-1-2-5-20(19)10-17/h1-14H,16H2,(H,31,33)/b21-11+. The molecule has 1 N–H and O–H groups in total. The highest BCUT2D eigenvalue weighted by Gasteiger charge is 2.14. The first kappa shape index (κ1) is 24.7. The van der Waals surface area contributed by atoms with Crippen LogP contribution in [-0.4, -0.2) is 10.8 Å². The molecule has 0 aliphatic heterocycles. The molecule has 0 aliphatic carbocycles. The van der Waals surface area contributed by atoms with E-state index < -0.39 is 10.8 Å². The monoisotopic (exact) mass is 517 g/mol. The molecule has 0 aromatic heterocycles. The molecule has 7 nitrogen and oxygen atoms in total. The Morgan fingerprint density at radius 2 is 1.72 bits per heavy atom. The lowest BCUT2D eigenvalue weighted by atomic mass is 10.1. The van der Waals surface area contributed by atoms with Crippen molar-refractivity contribution < 1.29 is 14.5 Å². The molecule has 1 amide bonds. The normalized spacial score (nSPS) is 11.1. The number of carbonyl (C=O) groups excluding carboxylic acids is 1. The van der Waals surface area contributed by atoms with Gasteiger partial charge >= 0.3 is 0 Å². The number of ether oxygens (including phenoxy) is 1. The number of hydrogen-bond donors (Lipinski definition) is 1. The molecule has 4 rings (SSSR count). The van der Waals surface area contributed by atoms with Crippen LogP contribution in [0, 0.1) is 21.4 Å². The van der Waals surface area contributed by atoms with E-state index in [-0.39, 0.29) is 39.3 Å². The SMILES string of the molecule is N#C/C(=C\c1cc(Cl)c(OCc2ccc3ccccc3c2)c(Cl)c1)C(=O)Nc1cccc([N+](=O)[O-])c1. The van der Waals surface area contributed by atoms with Crippen LogP contribution in [0.25, 0.3) is 16.8 Å². The molecular weight excluding hydrogens is 501 g/mol. The van der Waals surface area contributed by atoms with Gasteiger partial charge in [-0.15, -0.1) is 0 Å². The zero-order chi connectivity index (χ0) is 25.7. The Labute approximate surface area is 216 Å². The van der Waals surface area contributed by atoms with Crippen LogP contribution < -0.4 is 10.1 Å². The van der Waals surface area contributed by atoms with Gasteiger partial charge in [0.2, 0.25) is 0 Å². The smallest absolute Gasteiger partial charge is 0.271 e. The van der Waals surface area contributed by atoms with E-state index in [2.05, 4.69) is 5.32 Å². The van der Waals surface area contributed by atoms with Gasteiger partial charge in [-0.05, 0) is 52.2 Å². The van der Waals surface area contributed by atoms with E-state index in [4.69, 9.17) is 27.9 Å². The topological polar surface area (TPSA) is 105 Å². The van der Waals surface area contributed by atoms with Crippen molar-refractivity contribution in [3.63, 3.8) is 0 Å². The summed E-state index contributed by atoms with van der Waals surface area (Å²) in [5.74, 6) is -0.454. The maximum atomic E-state index is 12.6. The number of halogens is 2. The van der Waals surface area contributed by atoms with Gasteiger partial charge < -0.3 is 10.1 Å². The molecule has 0 unspecified atom stereocenters. The summed E-state index contributed by atoms with van der Waals surface area (Å²) in [6, 6.07) is 24.3. The van der Waals surface area contributed by atoms with Crippen LogP contribution in [0.1, 0.15) is 11.1 Å². The molecular formula is C27H17Cl2N3O4. The minimum absolute atomic E-state index is 0.184. The molecule has 0 spiro atoms. The minimum Gasteiger partial charge on any atom is -0.486 e. The van der Waals surface area contributed by atoms with Crippen molar-refractivity contribution in [1.29, 1.82) is 5.26 Å². The molecule has 0 radical (unpaired) electrons. The number of amides is 1. The molecule has 0 saturated carbocycles. The van der Waals surface area contributed by atoms with Crippen molar-refractivity contribution in [2.45, 2.75) is 6.61 Å². The van der Waals surface area contributed by atoms with Gasteiger partial charge in [0.15, 0.2) is 5.75 Å². The third-order valence-corrected chi connectivity index (χ3v) is 5.77. The van der Waals surface area contributed by atoms with Gasteiger partial charge in [-0.25, -0.2) is 0 Å². The number of benzene rings is 4. The molecule has 0 fully saturated rings. The van der Waals surface area contributed by atoms with Crippen molar-refractivity contribution in [3.05, 3.63) is 116 Å². The summed E-state index contributed by atoms with van der Waals surface area (Å²) in [5.41, 5.74) is 1.11. The Balaban J connectivity index is 1.50. The molecule has 4 aromatic rings. The first-order valence-corrected chi connectivity index (χ1v) is 11.4. The predicted molar refractivity (Wildman–Crippen MR) is 140 cm³/mol. The molecule has 0 bridgehead atoms. The summed E-state index contributed by atoms with van der Waals surface area (Å²) < 4.78 is 5.86. The number of fused-ring (bicyclic) bond motifs is 1. The molecule has 0 atom stereocenters. The number of hydrogen-bond acceptors (Lipinski definition) is 5. The fourth-order valence-electron chi connectivity index (χ4n) is 3.50. The van der Waals surface area contributed by atoms with Gasteiger partial charge in [-0.2, -0.15) is 5.26 Å². The lowest BCUT2D eigenvalue weighted by Crippen LogP contribution is -2.13. The molecule has 9 heteroatoms. The maximum Gasteiger partial charge on any atom is 0.271 e. The largest absolute Gasteiger partial charge is 0.486 e. The van der Waals surface area contributed by atoms with Gasteiger partial charge in [-0.1, -0.05) is 65.7 Å². The number of nitro benzene ring substituents is 1. The quantitative estimate of drug-likeness (QED) is 0.121. The van der Waals surface area contributed by atoms with E-state index in [0.29, 0.717) is 5.56 Å². The van der Waals surface area contributed by atoms with E-state index in [9.17, 15) is 20.2 Å². The second-order valence-corrected chi connectivity index (χ2v) is 8.53. The number of nitro groups is 1. The van der Waals surface area contributed by atoms with Crippen LogP contribution in [0.4, 0.5) is 11.4 Å². The summed E-state index contributed by atoms with van der Waals surface area (Å²) >= 11 is 12.8. The predicted octanol–water partition coefficient (Wildman–Crippen LogP) is 7.18. The average molecular weight is 518 g/mol. The summed E-state index contributed by atoms with van der Waals surface area (Å²) in [5, 5.41) is 25.5. The third-order valence-electron chi connectivity index (χ3n) is 5.21. The molecule has 36 heavy (non-hydrogen) atoms. The van der Waals surface area contributed by atoms with Crippen LogP contribution in [-0.2, 0) is 11.4 Å². The number of non-ortho nitro benzene ring substituents is 1. The Hall–Kier alpha value is -4.38. The molecule has 4 aromatic carbocycles. The zero-order valence-corrected chi connectivity index (χ0v) is 20.1. The molecule has 0 saturated heterocycles. The van der Waals surface area contributed by atoms with Crippen LogP contribution in [0.2, 0.25) is 10.0 Å². The molecule has 178 valence electrons. The van der Waals surface area contributed by atoms with E-state index in [1.54, 1.807) is 0 Å². The number of rotatable bonds is 7. The van der Waals surface area contributed by atoms with Crippen molar-refractivity contribution in [2.75, 3.05) is 5.32 Å². The second-order valence-electron chi connectivity index (χ2n) is 7.72. The van der Waals surface area contributed by atoms with Crippen LogP contribution >= 0.6 is 23.2 Å². The fourth-order valence-corrected chi connectivity index (χ4v) is 4.11. The van der Waals surface area contributed by atoms with Gasteiger partial charge in [0.25, 0.3) is 11.6 Å². The highest BCUT2D eigenvalue weighted by Crippen LogP contribution is 2.35. The van der Waals surface area contributed by atoms with Gasteiger partial charge in [0.1, 0.15) is 18.2 Å². The lowest BCUT2D eigenvalue weighted by molar-refractivity contribution is -0.384. The maximum absolute atomic E-state index is 12.6. The Morgan fingerprint density at radius 1 is 1.00 bits per heavy atom. The van der Waals surface area contributed by atoms with E-state index in [1.807, 2.05) is 48.5 Å². The van der Waals surface area contributed by atoms with Crippen molar-refractivity contribution in [1.82, 2.24) is 0 Å². The third kappa shape index (κ3) is 5.81. The van der Waals surface area contributed by atoms with E-state index in [0.717, 1.165) is 16.3 Å². The summed E-state index contributed by atoms with van der Waals surface area (Å²) in [7, 11) is 0. The minimum atomic E-state index is -0.734. The number of anilines is 1. The Morgan fingerprint density at radius 3 is 2.42 bits per heavy atom. The highest BCUT2D eigenvalue weighted by atomic mass is 35.5. The fraction of sp³-hybridized carbons (Fsp3) is 0.0370.